The van der Waals surface area contributed by atoms with Crippen LogP contribution in [0.1, 0.15) is 17.4 Å². The first-order chi connectivity index (χ1) is 10.3. The summed E-state index contributed by atoms with van der Waals surface area (Å²) in [7, 11) is 0. The summed E-state index contributed by atoms with van der Waals surface area (Å²) < 4.78 is 0. The van der Waals surface area contributed by atoms with Gasteiger partial charge in [0.05, 0.1) is 5.52 Å². The lowest BCUT2D eigenvalue weighted by atomic mass is 10.2. The van der Waals surface area contributed by atoms with Gasteiger partial charge in [-0.3, -0.25) is 4.79 Å². The first-order valence-electron chi connectivity index (χ1n) is 6.89. The number of aromatic nitrogens is 2. The van der Waals surface area contributed by atoms with Crippen molar-refractivity contribution < 1.29 is 4.79 Å². The van der Waals surface area contributed by atoms with E-state index in [1.54, 1.807) is 11.0 Å². The molecule has 0 aliphatic carbocycles. The minimum atomic E-state index is -0.137. The highest BCUT2D eigenvalue weighted by molar-refractivity contribution is 6.06. The Bertz CT molecular complexity index is 771. The monoisotopic (exact) mass is 277 g/mol. The predicted molar refractivity (Wildman–Crippen MR) is 83.3 cm³/mol. The second kappa shape index (κ2) is 5.71. The lowest BCUT2D eigenvalue weighted by Gasteiger charge is -2.20. The van der Waals surface area contributed by atoms with E-state index in [-0.39, 0.29) is 5.91 Å². The Morgan fingerprint density at radius 3 is 2.48 bits per heavy atom. The first-order valence-corrected chi connectivity index (χ1v) is 6.89. The number of amides is 1. The molecule has 0 bridgehead atoms. The van der Waals surface area contributed by atoms with Gasteiger partial charge in [0, 0.05) is 17.6 Å². The van der Waals surface area contributed by atoms with Gasteiger partial charge >= 0.3 is 0 Å². The van der Waals surface area contributed by atoms with Gasteiger partial charge in [0.2, 0.25) is 0 Å². The maximum absolute atomic E-state index is 12.6. The molecule has 0 atom stereocenters. The van der Waals surface area contributed by atoms with Crippen molar-refractivity contribution in [2.24, 2.45) is 0 Å². The van der Waals surface area contributed by atoms with Gasteiger partial charge in [-0.15, -0.1) is 10.2 Å². The van der Waals surface area contributed by atoms with Gasteiger partial charge in [-0.05, 0) is 31.2 Å². The van der Waals surface area contributed by atoms with Gasteiger partial charge < -0.3 is 4.90 Å². The molecular formula is C17H15N3O. The van der Waals surface area contributed by atoms with Crippen LogP contribution in [-0.2, 0) is 0 Å². The van der Waals surface area contributed by atoms with E-state index in [4.69, 9.17) is 0 Å². The Balaban J connectivity index is 1.98. The number of para-hydroxylation sites is 1. The number of hydrogen-bond acceptors (Lipinski definition) is 3. The molecule has 3 rings (SSSR count). The number of carbonyl (C=O) groups is 1. The largest absolute Gasteiger partial charge is 0.307 e. The second-order valence-electron chi connectivity index (χ2n) is 4.67. The van der Waals surface area contributed by atoms with Crippen LogP contribution in [0, 0.1) is 0 Å². The maximum Gasteiger partial charge on any atom is 0.278 e. The molecule has 0 unspecified atom stereocenters. The van der Waals surface area contributed by atoms with Gasteiger partial charge in [0.25, 0.3) is 5.91 Å². The molecule has 0 radical (unpaired) electrons. The molecule has 104 valence electrons. The lowest BCUT2D eigenvalue weighted by molar-refractivity contribution is 0.0983. The van der Waals surface area contributed by atoms with Crippen LogP contribution in [0.25, 0.3) is 10.9 Å². The normalized spacial score (nSPS) is 10.5. The van der Waals surface area contributed by atoms with Crippen LogP contribution in [0.2, 0.25) is 0 Å². The Morgan fingerprint density at radius 1 is 1.00 bits per heavy atom. The minimum Gasteiger partial charge on any atom is -0.307 e. The van der Waals surface area contributed by atoms with Crippen molar-refractivity contribution in [1.82, 2.24) is 10.2 Å². The summed E-state index contributed by atoms with van der Waals surface area (Å²) in [5, 5.41) is 9.09. The first kappa shape index (κ1) is 13.2. The van der Waals surface area contributed by atoms with Crippen molar-refractivity contribution in [3.8, 4) is 0 Å². The zero-order chi connectivity index (χ0) is 14.7. The molecular weight excluding hydrogens is 262 g/mol. The number of benzene rings is 2. The molecule has 0 spiro atoms. The molecule has 0 saturated carbocycles. The van der Waals surface area contributed by atoms with Crippen molar-refractivity contribution in [2.75, 3.05) is 11.4 Å². The van der Waals surface area contributed by atoms with Gasteiger partial charge in [-0.1, -0.05) is 36.4 Å². The fourth-order valence-corrected chi connectivity index (χ4v) is 2.28. The zero-order valence-electron chi connectivity index (χ0n) is 11.7. The van der Waals surface area contributed by atoms with Crippen LogP contribution in [0.4, 0.5) is 5.69 Å². The van der Waals surface area contributed by atoms with Gasteiger partial charge in [0.1, 0.15) is 0 Å². The van der Waals surface area contributed by atoms with Crippen LogP contribution in [0.3, 0.4) is 0 Å². The Labute approximate surface area is 123 Å². The molecule has 1 heterocycles. The van der Waals surface area contributed by atoms with E-state index in [0.717, 1.165) is 16.6 Å². The number of hydrogen-bond donors (Lipinski definition) is 0. The molecule has 4 heteroatoms. The Kier molecular flexibility index (Phi) is 3.60. The summed E-state index contributed by atoms with van der Waals surface area (Å²) in [6.07, 6.45) is 0. The highest BCUT2D eigenvalue weighted by Gasteiger charge is 2.18. The molecule has 1 aromatic heterocycles. The fourth-order valence-electron chi connectivity index (χ4n) is 2.28. The summed E-state index contributed by atoms with van der Waals surface area (Å²) in [5.74, 6) is -0.137. The van der Waals surface area contributed by atoms with Crippen molar-refractivity contribution in [3.63, 3.8) is 0 Å². The van der Waals surface area contributed by atoms with Crippen molar-refractivity contribution in [1.29, 1.82) is 0 Å². The number of fused-ring (bicyclic) bond motifs is 1. The Hall–Kier alpha value is -2.75. The predicted octanol–water partition coefficient (Wildman–Crippen LogP) is 3.30. The molecule has 3 aromatic rings. The smallest absolute Gasteiger partial charge is 0.278 e. The SMILES string of the molecule is CCN(C(=O)c1cc2ccccc2nn1)c1ccccc1. The Morgan fingerprint density at radius 2 is 1.71 bits per heavy atom. The summed E-state index contributed by atoms with van der Waals surface area (Å²) >= 11 is 0. The van der Waals surface area contributed by atoms with E-state index >= 15 is 0 Å². The molecule has 1 amide bonds. The molecule has 2 aromatic carbocycles. The van der Waals surface area contributed by atoms with Crippen LogP contribution in [0.5, 0.6) is 0 Å². The fraction of sp³-hybridized carbons (Fsp3) is 0.118. The molecule has 21 heavy (non-hydrogen) atoms. The highest BCUT2D eigenvalue weighted by Crippen LogP contribution is 2.17. The van der Waals surface area contributed by atoms with Crippen LogP contribution >= 0.6 is 0 Å². The third-order valence-electron chi connectivity index (χ3n) is 3.34. The highest BCUT2D eigenvalue weighted by atomic mass is 16.2. The summed E-state index contributed by atoms with van der Waals surface area (Å²) in [5.41, 5.74) is 2.01. The van der Waals surface area contributed by atoms with E-state index < -0.39 is 0 Å². The lowest BCUT2D eigenvalue weighted by Crippen LogP contribution is -2.31. The van der Waals surface area contributed by atoms with Crippen molar-refractivity contribution in [2.45, 2.75) is 6.92 Å². The quantitative estimate of drug-likeness (QED) is 0.738. The zero-order valence-corrected chi connectivity index (χ0v) is 11.7. The number of rotatable bonds is 3. The minimum absolute atomic E-state index is 0.137. The van der Waals surface area contributed by atoms with Crippen molar-refractivity contribution in [3.05, 3.63) is 66.4 Å². The second-order valence-corrected chi connectivity index (χ2v) is 4.67. The van der Waals surface area contributed by atoms with E-state index in [0.29, 0.717) is 12.2 Å². The van der Waals surface area contributed by atoms with E-state index in [1.165, 1.54) is 0 Å². The maximum atomic E-state index is 12.6. The standard InChI is InChI=1S/C17H15N3O/c1-2-20(14-9-4-3-5-10-14)17(21)16-12-13-8-6-7-11-15(13)18-19-16/h3-12H,2H2,1H3. The molecule has 0 fully saturated rings. The number of carbonyl (C=O) groups excluding carboxylic acids is 1. The third-order valence-corrected chi connectivity index (χ3v) is 3.34. The van der Waals surface area contributed by atoms with Gasteiger partial charge in [-0.25, -0.2) is 0 Å². The van der Waals surface area contributed by atoms with Crippen molar-refractivity contribution >= 4 is 22.5 Å². The average molecular weight is 277 g/mol. The van der Waals surface area contributed by atoms with E-state index in [9.17, 15) is 4.79 Å². The number of anilines is 1. The molecule has 0 saturated heterocycles. The molecule has 4 nitrogen and oxygen atoms in total. The third kappa shape index (κ3) is 2.60. The van der Waals surface area contributed by atoms with Crippen LogP contribution in [-0.4, -0.2) is 22.6 Å². The summed E-state index contributed by atoms with van der Waals surface area (Å²) in [6.45, 7) is 2.52. The molecule has 0 aliphatic rings. The van der Waals surface area contributed by atoms with Crippen LogP contribution < -0.4 is 4.90 Å². The summed E-state index contributed by atoms with van der Waals surface area (Å²) in [6, 6.07) is 19.0. The van der Waals surface area contributed by atoms with E-state index in [2.05, 4.69) is 10.2 Å². The number of nitrogens with zero attached hydrogens (tertiary/aromatic N) is 3. The van der Waals surface area contributed by atoms with Gasteiger partial charge in [0.15, 0.2) is 5.69 Å². The van der Waals surface area contributed by atoms with Gasteiger partial charge in [-0.2, -0.15) is 0 Å². The molecule has 0 aliphatic heterocycles. The summed E-state index contributed by atoms with van der Waals surface area (Å²) in [4.78, 5) is 14.3. The average Bonchev–Trinajstić information content (AvgIpc) is 2.56. The molecule has 0 N–H and O–H groups in total. The van der Waals surface area contributed by atoms with E-state index in [1.807, 2.05) is 61.5 Å². The topological polar surface area (TPSA) is 46.1 Å². The van der Waals surface area contributed by atoms with Crippen LogP contribution in [0.15, 0.2) is 60.7 Å².